The van der Waals surface area contributed by atoms with Crippen molar-refractivity contribution in [3.8, 4) is 0 Å². The maximum absolute atomic E-state index is 12.9. The fourth-order valence-corrected chi connectivity index (χ4v) is 3.70. The van der Waals surface area contributed by atoms with E-state index in [-0.39, 0.29) is 30.2 Å². The maximum atomic E-state index is 12.9. The van der Waals surface area contributed by atoms with Crippen molar-refractivity contribution in [2.24, 2.45) is 5.92 Å². The highest BCUT2D eigenvalue weighted by molar-refractivity contribution is 6.07. The van der Waals surface area contributed by atoms with Gasteiger partial charge in [0.25, 0.3) is 5.91 Å². The van der Waals surface area contributed by atoms with Crippen LogP contribution in [0.3, 0.4) is 0 Å². The summed E-state index contributed by atoms with van der Waals surface area (Å²) in [6.07, 6.45) is 2.16. The highest BCUT2D eigenvalue weighted by Crippen LogP contribution is 2.29. The van der Waals surface area contributed by atoms with E-state index in [2.05, 4.69) is 24.5 Å². The average Bonchev–Trinajstić information content (AvgIpc) is 3.46. The Morgan fingerprint density at radius 1 is 1.07 bits per heavy atom. The molecule has 1 heterocycles. The van der Waals surface area contributed by atoms with Crippen LogP contribution in [0.25, 0.3) is 0 Å². The van der Waals surface area contributed by atoms with Crippen molar-refractivity contribution < 1.29 is 14.4 Å². The standard InChI is InChI=1S/C24H27N3O3/c1-15(2)16-6-5-7-19(12-16)27-14-17(13-22(27)28)23(29)26-21-9-4-3-8-20(21)24(30)25-18-10-11-18/h3-9,12,15,17-18H,10-11,13-14H2,1-2H3,(H,25,30)(H,26,29). The number of benzene rings is 2. The summed E-state index contributed by atoms with van der Waals surface area (Å²) in [5.74, 6) is -0.573. The second-order valence-corrected chi connectivity index (χ2v) is 8.44. The molecule has 30 heavy (non-hydrogen) atoms. The summed E-state index contributed by atoms with van der Waals surface area (Å²) in [6.45, 7) is 4.55. The zero-order valence-corrected chi connectivity index (χ0v) is 17.4. The molecule has 156 valence electrons. The number of amides is 3. The number of anilines is 2. The quantitative estimate of drug-likeness (QED) is 0.769. The molecule has 1 atom stereocenters. The Morgan fingerprint density at radius 2 is 1.83 bits per heavy atom. The van der Waals surface area contributed by atoms with Crippen LogP contribution in [-0.4, -0.2) is 30.3 Å². The predicted molar refractivity (Wildman–Crippen MR) is 117 cm³/mol. The van der Waals surface area contributed by atoms with E-state index in [4.69, 9.17) is 0 Å². The van der Waals surface area contributed by atoms with Crippen LogP contribution in [0.1, 0.15) is 54.9 Å². The summed E-state index contributed by atoms with van der Waals surface area (Å²) in [6, 6.07) is 15.1. The molecular weight excluding hydrogens is 378 g/mol. The molecule has 3 amide bonds. The smallest absolute Gasteiger partial charge is 0.253 e. The minimum atomic E-state index is -0.459. The average molecular weight is 405 g/mol. The number of nitrogens with one attached hydrogen (secondary N) is 2. The van der Waals surface area contributed by atoms with Gasteiger partial charge >= 0.3 is 0 Å². The van der Waals surface area contributed by atoms with E-state index in [1.807, 2.05) is 24.3 Å². The van der Waals surface area contributed by atoms with Crippen molar-refractivity contribution in [3.05, 3.63) is 59.7 Å². The van der Waals surface area contributed by atoms with Gasteiger partial charge in [-0.05, 0) is 48.6 Å². The van der Waals surface area contributed by atoms with Gasteiger partial charge < -0.3 is 15.5 Å². The second-order valence-electron chi connectivity index (χ2n) is 8.44. The summed E-state index contributed by atoms with van der Waals surface area (Å²) in [5.41, 5.74) is 2.91. The van der Waals surface area contributed by atoms with Crippen molar-refractivity contribution in [3.63, 3.8) is 0 Å². The molecule has 1 saturated heterocycles. The molecule has 1 unspecified atom stereocenters. The minimum absolute atomic E-state index is 0.0594. The molecule has 2 aromatic carbocycles. The summed E-state index contributed by atoms with van der Waals surface area (Å²) in [5, 5.41) is 5.82. The minimum Gasteiger partial charge on any atom is -0.349 e. The first-order valence-corrected chi connectivity index (χ1v) is 10.5. The number of hydrogen-bond donors (Lipinski definition) is 2. The Bertz CT molecular complexity index is 981. The first-order valence-electron chi connectivity index (χ1n) is 10.5. The molecule has 1 saturated carbocycles. The molecular formula is C24H27N3O3. The lowest BCUT2D eigenvalue weighted by Crippen LogP contribution is -2.30. The van der Waals surface area contributed by atoms with Crippen LogP contribution in [0.4, 0.5) is 11.4 Å². The molecule has 1 aliphatic heterocycles. The van der Waals surface area contributed by atoms with Crippen molar-refractivity contribution >= 4 is 29.1 Å². The Hall–Kier alpha value is -3.15. The summed E-state index contributed by atoms with van der Waals surface area (Å²) in [4.78, 5) is 39.7. The number of carbonyl (C=O) groups excluding carboxylic acids is 3. The van der Waals surface area contributed by atoms with Crippen LogP contribution in [0, 0.1) is 5.92 Å². The zero-order valence-electron chi connectivity index (χ0n) is 17.4. The Labute approximate surface area is 176 Å². The lowest BCUT2D eigenvalue weighted by Gasteiger charge is -2.19. The van der Waals surface area contributed by atoms with Gasteiger partial charge in [-0.3, -0.25) is 14.4 Å². The largest absolute Gasteiger partial charge is 0.349 e. The molecule has 6 heteroatoms. The molecule has 2 fully saturated rings. The highest BCUT2D eigenvalue weighted by Gasteiger charge is 2.35. The molecule has 2 aromatic rings. The maximum Gasteiger partial charge on any atom is 0.253 e. The van der Waals surface area contributed by atoms with Gasteiger partial charge in [0, 0.05) is 24.7 Å². The monoisotopic (exact) mass is 405 g/mol. The molecule has 0 radical (unpaired) electrons. The van der Waals surface area contributed by atoms with Crippen molar-refractivity contribution in [1.29, 1.82) is 0 Å². The molecule has 2 aliphatic rings. The molecule has 0 spiro atoms. The molecule has 1 aliphatic carbocycles. The summed E-state index contributed by atoms with van der Waals surface area (Å²) < 4.78 is 0. The third kappa shape index (κ3) is 4.37. The Morgan fingerprint density at radius 3 is 2.57 bits per heavy atom. The first kappa shape index (κ1) is 20.1. The molecule has 2 N–H and O–H groups in total. The molecule has 4 rings (SSSR count). The van der Waals surface area contributed by atoms with Gasteiger partial charge in [0.1, 0.15) is 0 Å². The number of carbonyl (C=O) groups is 3. The molecule has 6 nitrogen and oxygen atoms in total. The van der Waals surface area contributed by atoms with Crippen LogP contribution in [0.15, 0.2) is 48.5 Å². The van der Waals surface area contributed by atoms with E-state index in [0.717, 1.165) is 24.1 Å². The normalized spacial score (nSPS) is 18.6. The fourth-order valence-electron chi connectivity index (χ4n) is 3.70. The van der Waals surface area contributed by atoms with Crippen LogP contribution in [-0.2, 0) is 9.59 Å². The molecule has 0 aromatic heterocycles. The first-order chi connectivity index (χ1) is 14.4. The van der Waals surface area contributed by atoms with Gasteiger partial charge in [0.2, 0.25) is 11.8 Å². The van der Waals surface area contributed by atoms with Crippen molar-refractivity contribution in [2.45, 2.75) is 45.1 Å². The van der Waals surface area contributed by atoms with Gasteiger partial charge in [-0.2, -0.15) is 0 Å². The Kier molecular flexibility index (Phi) is 5.57. The van der Waals surface area contributed by atoms with Crippen LogP contribution >= 0.6 is 0 Å². The lowest BCUT2D eigenvalue weighted by atomic mass is 10.0. The fraction of sp³-hybridized carbons (Fsp3) is 0.375. The second kappa shape index (κ2) is 8.30. The van der Waals surface area contributed by atoms with Crippen LogP contribution in [0.2, 0.25) is 0 Å². The highest BCUT2D eigenvalue weighted by atomic mass is 16.2. The van der Waals surface area contributed by atoms with Crippen molar-refractivity contribution in [1.82, 2.24) is 5.32 Å². The van der Waals surface area contributed by atoms with Gasteiger partial charge in [0.05, 0.1) is 17.2 Å². The number of hydrogen-bond acceptors (Lipinski definition) is 3. The van der Waals surface area contributed by atoms with Crippen LogP contribution < -0.4 is 15.5 Å². The predicted octanol–water partition coefficient (Wildman–Crippen LogP) is 3.69. The zero-order chi connectivity index (χ0) is 21.3. The van der Waals surface area contributed by atoms with Gasteiger partial charge in [-0.1, -0.05) is 38.1 Å². The van der Waals surface area contributed by atoms with E-state index in [0.29, 0.717) is 23.7 Å². The topological polar surface area (TPSA) is 78.5 Å². The Balaban J connectivity index is 1.46. The SMILES string of the molecule is CC(C)c1cccc(N2CC(C(=O)Nc3ccccc3C(=O)NC3CC3)CC2=O)c1. The third-order valence-electron chi connectivity index (χ3n) is 5.69. The van der Waals surface area contributed by atoms with Gasteiger partial charge in [-0.25, -0.2) is 0 Å². The van der Waals surface area contributed by atoms with E-state index in [9.17, 15) is 14.4 Å². The van der Waals surface area contributed by atoms with Gasteiger partial charge in [0.15, 0.2) is 0 Å². The van der Waals surface area contributed by atoms with E-state index in [1.54, 1.807) is 29.2 Å². The number of nitrogens with zero attached hydrogens (tertiary/aromatic N) is 1. The third-order valence-corrected chi connectivity index (χ3v) is 5.69. The van der Waals surface area contributed by atoms with Gasteiger partial charge in [-0.15, -0.1) is 0 Å². The number of para-hydroxylation sites is 1. The number of rotatable bonds is 6. The van der Waals surface area contributed by atoms with Crippen molar-refractivity contribution in [2.75, 3.05) is 16.8 Å². The van der Waals surface area contributed by atoms with Crippen LogP contribution in [0.5, 0.6) is 0 Å². The van der Waals surface area contributed by atoms with E-state index >= 15 is 0 Å². The summed E-state index contributed by atoms with van der Waals surface area (Å²) in [7, 11) is 0. The summed E-state index contributed by atoms with van der Waals surface area (Å²) >= 11 is 0. The molecule has 0 bridgehead atoms. The van der Waals surface area contributed by atoms with E-state index < -0.39 is 5.92 Å². The van der Waals surface area contributed by atoms with E-state index in [1.165, 1.54) is 0 Å². The lowest BCUT2D eigenvalue weighted by molar-refractivity contribution is -0.122.